The summed E-state index contributed by atoms with van der Waals surface area (Å²) < 4.78 is 2.09. The minimum Gasteiger partial charge on any atom is -0.340 e. The molecule has 1 aliphatic rings. The van der Waals surface area contributed by atoms with Crippen LogP contribution in [0.4, 0.5) is 5.95 Å². The van der Waals surface area contributed by atoms with Gasteiger partial charge in [-0.2, -0.15) is 0 Å². The van der Waals surface area contributed by atoms with Gasteiger partial charge in [-0.3, -0.25) is 4.79 Å². The summed E-state index contributed by atoms with van der Waals surface area (Å²) in [4.78, 5) is 22.7. The first kappa shape index (κ1) is 22.2. The van der Waals surface area contributed by atoms with E-state index in [1.807, 2.05) is 72.5 Å². The summed E-state index contributed by atoms with van der Waals surface area (Å²) in [5, 5.41) is 10.2. The van der Waals surface area contributed by atoms with Gasteiger partial charge in [-0.05, 0) is 49.6 Å². The smallest absolute Gasteiger partial charge is 0.254 e. The van der Waals surface area contributed by atoms with Gasteiger partial charge in [0.15, 0.2) is 11.5 Å². The molecule has 0 bridgehead atoms. The number of benzene rings is 3. The Labute approximate surface area is 210 Å². The Morgan fingerprint density at radius 3 is 2.36 bits per heavy atom. The van der Waals surface area contributed by atoms with Crippen LogP contribution in [0.25, 0.3) is 27.9 Å². The van der Waals surface area contributed by atoms with Crippen LogP contribution in [0.2, 0.25) is 0 Å². The molecular formula is C29H28N6O. The maximum absolute atomic E-state index is 13.3. The van der Waals surface area contributed by atoms with Gasteiger partial charge in [0.1, 0.15) is 0 Å². The van der Waals surface area contributed by atoms with Crippen LogP contribution in [0.3, 0.4) is 0 Å². The lowest BCUT2D eigenvalue weighted by Crippen LogP contribution is -2.36. The first-order valence-electron chi connectivity index (χ1n) is 12.4. The average molecular weight is 477 g/mol. The molecule has 36 heavy (non-hydrogen) atoms. The highest BCUT2D eigenvalue weighted by Gasteiger charge is 2.25. The number of fused-ring (bicyclic) bond motifs is 3. The zero-order valence-corrected chi connectivity index (χ0v) is 20.6. The van der Waals surface area contributed by atoms with E-state index in [0.717, 1.165) is 63.5 Å². The molecule has 0 atom stereocenters. The molecule has 0 unspecified atom stereocenters. The van der Waals surface area contributed by atoms with Gasteiger partial charge in [-0.1, -0.05) is 54.6 Å². The summed E-state index contributed by atoms with van der Waals surface area (Å²) in [6, 6.07) is 24.1. The average Bonchev–Trinajstić information content (AvgIpc) is 3.19. The fourth-order valence-electron chi connectivity index (χ4n) is 5.08. The first-order chi connectivity index (χ1) is 17.6. The molecule has 0 saturated carbocycles. The third-order valence-electron chi connectivity index (χ3n) is 7.06. The van der Waals surface area contributed by atoms with Gasteiger partial charge >= 0.3 is 0 Å². The number of aromatic nitrogens is 4. The molecule has 0 radical (unpaired) electrons. The third kappa shape index (κ3) is 3.77. The second-order valence-electron chi connectivity index (χ2n) is 9.37. The molecular weight excluding hydrogens is 448 g/mol. The summed E-state index contributed by atoms with van der Waals surface area (Å²) >= 11 is 0. The van der Waals surface area contributed by atoms with Gasteiger partial charge < -0.3 is 9.80 Å². The van der Waals surface area contributed by atoms with E-state index in [1.165, 1.54) is 0 Å². The Morgan fingerprint density at radius 1 is 0.778 bits per heavy atom. The predicted octanol–water partition coefficient (Wildman–Crippen LogP) is 4.91. The molecule has 3 aromatic carbocycles. The topological polar surface area (TPSA) is 66.6 Å². The lowest BCUT2D eigenvalue weighted by Gasteiger charge is -2.24. The number of carbonyl (C=O) groups is 1. The highest BCUT2D eigenvalue weighted by molar-refractivity contribution is 5.96. The summed E-state index contributed by atoms with van der Waals surface area (Å²) in [5.41, 5.74) is 5.64. The molecule has 3 heterocycles. The largest absolute Gasteiger partial charge is 0.340 e. The number of para-hydroxylation sites is 1. The van der Waals surface area contributed by atoms with Crippen molar-refractivity contribution in [2.45, 2.75) is 20.3 Å². The number of anilines is 1. The van der Waals surface area contributed by atoms with Crippen molar-refractivity contribution in [1.29, 1.82) is 0 Å². The van der Waals surface area contributed by atoms with Gasteiger partial charge in [0.2, 0.25) is 5.95 Å². The molecule has 1 aliphatic heterocycles. The number of hydrogen-bond acceptors (Lipinski definition) is 5. The van der Waals surface area contributed by atoms with Gasteiger partial charge in [0.25, 0.3) is 5.91 Å². The van der Waals surface area contributed by atoms with Crippen molar-refractivity contribution in [2.24, 2.45) is 0 Å². The summed E-state index contributed by atoms with van der Waals surface area (Å²) in [6.07, 6.45) is 0.857. The van der Waals surface area contributed by atoms with Crippen LogP contribution in [0.15, 0.2) is 72.8 Å². The normalized spacial score (nSPS) is 14.4. The second-order valence-corrected chi connectivity index (χ2v) is 9.37. The molecule has 7 heteroatoms. The summed E-state index contributed by atoms with van der Waals surface area (Å²) in [7, 11) is 0. The van der Waals surface area contributed by atoms with Crippen molar-refractivity contribution < 1.29 is 4.79 Å². The van der Waals surface area contributed by atoms with Crippen LogP contribution in [-0.4, -0.2) is 56.6 Å². The molecule has 0 aliphatic carbocycles. The second kappa shape index (κ2) is 9.07. The zero-order valence-electron chi connectivity index (χ0n) is 20.6. The number of carbonyl (C=O) groups excluding carboxylic acids is 1. The van der Waals surface area contributed by atoms with E-state index in [1.54, 1.807) is 0 Å². The van der Waals surface area contributed by atoms with Crippen LogP contribution >= 0.6 is 0 Å². The van der Waals surface area contributed by atoms with Gasteiger partial charge in [-0.25, -0.2) is 9.38 Å². The van der Waals surface area contributed by atoms with Crippen molar-refractivity contribution in [3.8, 4) is 11.4 Å². The molecule has 6 rings (SSSR count). The lowest BCUT2D eigenvalue weighted by molar-refractivity contribution is 0.0766. The quantitative estimate of drug-likeness (QED) is 0.370. The van der Waals surface area contributed by atoms with E-state index in [9.17, 15) is 4.79 Å². The molecule has 1 fully saturated rings. The van der Waals surface area contributed by atoms with Crippen molar-refractivity contribution >= 4 is 28.4 Å². The maximum Gasteiger partial charge on any atom is 0.254 e. The fraction of sp³-hybridized carbons (Fsp3) is 0.241. The van der Waals surface area contributed by atoms with Crippen molar-refractivity contribution in [1.82, 2.24) is 24.5 Å². The minimum absolute atomic E-state index is 0.0939. The van der Waals surface area contributed by atoms with Crippen LogP contribution < -0.4 is 4.90 Å². The number of aryl methyl sites for hydroxylation is 2. The van der Waals surface area contributed by atoms with Crippen LogP contribution in [0, 0.1) is 13.8 Å². The highest BCUT2D eigenvalue weighted by Crippen LogP contribution is 2.30. The standard InChI is InChI=1S/C29H28N6O/c1-20-10-3-5-12-22(20)26-31-32-27-24-14-7-8-15-25(24)30-29(35(26)27)34-17-9-16-33(18-19-34)28(36)23-13-6-4-11-21(23)2/h3-8,10-15H,9,16-19H2,1-2H3. The molecule has 0 N–H and O–H groups in total. The van der Waals surface area contributed by atoms with Gasteiger partial charge in [0, 0.05) is 42.7 Å². The molecule has 2 aromatic heterocycles. The fourth-order valence-corrected chi connectivity index (χ4v) is 5.08. The van der Waals surface area contributed by atoms with Crippen LogP contribution in [0.1, 0.15) is 27.9 Å². The Hall–Kier alpha value is -4.26. The molecule has 180 valence electrons. The Balaban J connectivity index is 1.42. The summed E-state index contributed by atoms with van der Waals surface area (Å²) in [6.45, 7) is 6.91. The van der Waals surface area contributed by atoms with Crippen molar-refractivity contribution in [2.75, 3.05) is 31.1 Å². The Kier molecular flexibility index (Phi) is 5.60. The molecule has 1 amide bonds. The maximum atomic E-state index is 13.3. The van der Waals surface area contributed by atoms with Gasteiger partial charge in [0.05, 0.1) is 5.52 Å². The van der Waals surface area contributed by atoms with E-state index >= 15 is 0 Å². The monoisotopic (exact) mass is 476 g/mol. The van der Waals surface area contributed by atoms with Gasteiger partial charge in [-0.15, -0.1) is 10.2 Å². The summed E-state index contributed by atoms with van der Waals surface area (Å²) in [5.74, 6) is 1.70. The zero-order chi connectivity index (χ0) is 24.6. The van der Waals surface area contributed by atoms with Crippen LogP contribution in [0.5, 0.6) is 0 Å². The minimum atomic E-state index is 0.0939. The lowest BCUT2D eigenvalue weighted by atomic mass is 10.1. The van der Waals surface area contributed by atoms with Crippen molar-refractivity contribution in [3.05, 3.63) is 89.5 Å². The van der Waals surface area contributed by atoms with E-state index in [4.69, 9.17) is 4.98 Å². The Morgan fingerprint density at radius 2 is 1.53 bits per heavy atom. The number of hydrogen-bond donors (Lipinski definition) is 0. The SMILES string of the molecule is Cc1ccccc1C(=O)N1CCCN(c2nc3ccccc3c3nnc(-c4ccccc4C)n23)CC1. The number of rotatable bonds is 3. The van der Waals surface area contributed by atoms with E-state index in [-0.39, 0.29) is 5.91 Å². The van der Waals surface area contributed by atoms with Crippen LogP contribution in [-0.2, 0) is 0 Å². The van der Waals surface area contributed by atoms with Crippen molar-refractivity contribution in [3.63, 3.8) is 0 Å². The molecule has 1 saturated heterocycles. The number of amides is 1. The van der Waals surface area contributed by atoms with E-state index in [2.05, 4.69) is 38.6 Å². The predicted molar refractivity (Wildman–Crippen MR) is 142 cm³/mol. The number of nitrogens with zero attached hydrogens (tertiary/aromatic N) is 6. The highest BCUT2D eigenvalue weighted by atomic mass is 16.2. The van der Waals surface area contributed by atoms with E-state index in [0.29, 0.717) is 19.6 Å². The first-order valence-corrected chi connectivity index (χ1v) is 12.4. The molecule has 0 spiro atoms. The third-order valence-corrected chi connectivity index (χ3v) is 7.06. The molecule has 5 aromatic rings. The Bertz CT molecular complexity index is 1590. The molecule has 7 nitrogen and oxygen atoms in total. The van der Waals surface area contributed by atoms with E-state index < -0.39 is 0 Å².